The molecule has 8 heteroatoms. The van der Waals surface area contributed by atoms with Crippen LogP contribution >= 0.6 is 11.3 Å². The molecule has 0 atom stereocenters. The summed E-state index contributed by atoms with van der Waals surface area (Å²) in [6, 6.07) is 16.6. The third kappa shape index (κ3) is 4.16. The lowest BCUT2D eigenvalue weighted by atomic mass is 10.1. The summed E-state index contributed by atoms with van der Waals surface area (Å²) in [6.07, 6.45) is 0.980. The Labute approximate surface area is 180 Å². The zero-order valence-electron chi connectivity index (χ0n) is 16.7. The van der Waals surface area contributed by atoms with Gasteiger partial charge in [0.05, 0.1) is 4.90 Å². The molecule has 1 aromatic heterocycles. The fourth-order valence-corrected chi connectivity index (χ4v) is 5.67. The van der Waals surface area contributed by atoms with Crippen molar-refractivity contribution in [3.63, 3.8) is 0 Å². The zero-order valence-corrected chi connectivity index (χ0v) is 18.3. The fourth-order valence-electron chi connectivity index (χ4n) is 3.42. The molecule has 1 aliphatic rings. The van der Waals surface area contributed by atoms with Crippen molar-refractivity contribution in [2.75, 3.05) is 26.2 Å². The van der Waals surface area contributed by atoms with Gasteiger partial charge in [0.2, 0.25) is 10.0 Å². The van der Waals surface area contributed by atoms with Crippen LogP contribution in [0.2, 0.25) is 0 Å². The summed E-state index contributed by atoms with van der Waals surface area (Å²) in [5.74, 6) is -0.153. The van der Waals surface area contributed by atoms with Gasteiger partial charge in [0.25, 0.3) is 5.91 Å². The SMILES string of the molecule is CCc1ccc(-c2nc(C(=O)N3CCN(S(=O)(=O)c4ccccc4)CC3)cs2)cc1. The third-order valence-corrected chi connectivity index (χ3v) is 8.04. The molecule has 0 bridgehead atoms. The first kappa shape index (κ1) is 20.7. The predicted octanol–water partition coefficient (Wildman–Crippen LogP) is 3.52. The summed E-state index contributed by atoms with van der Waals surface area (Å²) < 4.78 is 26.9. The molecular weight excluding hydrogens is 418 g/mol. The molecule has 1 fully saturated rings. The van der Waals surface area contributed by atoms with E-state index in [1.807, 2.05) is 12.1 Å². The normalized spacial score (nSPS) is 15.3. The van der Waals surface area contributed by atoms with E-state index < -0.39 is 10.0 Å². The van der Waals surface area contributed by atoms with Gasteiger partial charge in [-0.3, -0.25) is 4.79 Å². The molecule has 1 amide bonds. The Morgan fingerprint density at radius 2 is 1.67 bits per heavy atom. The van der Waals surface area contributed by atoms with Crippen LogP contribution in [0, 0.1) is 0 Å². The molecule has 0 unspecified atom stereocenters. The number of nitrogens with zero attached hydrogens (tertiary/aromatic N) is 3. The quantitative estimate of drug-likeness (QED) is 0.607. The highest BCUT2D eigenvalue weighted by Gasteiger charge is 2.31. The van der Waals surface area contributed by atoms with Crippen LogP contribution in [0.3, 0.4) is 0 Å². The second-order valence-corrected chi connectivity index (χ2v) is 9.89. The molecule has 30 heavy (non-hydrogen) atoms. The van der Waals surface area contributed by atoms with Gasteiger partial charge in [0.15, 0.2) is 0 Å². The summed E-state index contributed by atoms with van der Waals surface area (Å²) in [6.45, 7) is 3.36. The van der Waals surface area contributed by atoms with E-state index in [-0.39, 0.29) is 23.9 Å². The fraction of sp³-hybridized carbons (Fsp3) is 0.273. The van der Waals surface area contributed by atoms with Crippen LogP contribution in [-0.4, -0.2) is 54.7 Å². The van der Waals surface area contributed by atoms with Crippen LogP contribution in [0.1, 0.15) is 23.0 Å². The highest BCUT2D eigenvalue weighted by Crippen LogP contribution is 2.25. The van der Waals surface area contributed by atoms with Gasteiger partial charge in [-0.2, -0.15) is 4.31 Å². The van der Waals surface area contributed by atoms with Crippen molar-refractivity contribution in [3.8, 4) is 10.6 Å². The molecule has 4 rings (SSSR count). The first-order chi connectivity index (χ1) is 14.5. The number of benzene rings is 2. The Morgan fingerprint density at radius 3 is 2.30 bits per heavy atom. The molecule has 0 N–H and O–H groups in total. The first-order valence-corrected chi connectivity index (χ1v) is 12.2. The van der Waals surface area contributed by atoms with Gasteiger partial charge in [-0.25, -0.2) is 13.4 Å². The lowest BCUT2D eigenvalue weighted by Gasteiger charge is -2.33. The van der Waals surface area contributed by atoms with E-state index in [4.69, 9.17) is 0 Å². The van der Waals surface area contributed by atoms with Crippen molar-refractivity contribution in [2.24, 2.45) is 0 Å². The monoisotopic (exact) mass is 441 g/mol. The van der Waals surface area contributed by atoms with Gasteiger partial charge in [0, 0.05) is 37.1 Å². The van der Waals surface area contributed by atoms with E-state index in [1.165, 1.54) is 21.2 Å². The van der Waals surface area contributed by atoms with Crippen LogP contribution in [0.5, 0.6) is 0 Å². The highest BCUT2D eigenvalue weighted by atomic mass is 32.2. The Balaban J connectivity index is 1.42. The maximum atomic E-state index is 12.9. The van der Waals surface area contributed by atoms with Crippen LogP contribution in [0.25, 0.3) is 10.6 Å². The molecule has 3 aromatic rings. The summed E-state index contributed by atoms with van der Waals surface area (Å²) in [5.41, 5.74) is 2.67. The molecule has 2 aromatic carbocycles. The van der Waals surface area contributed by atoms with Crippen molar-refractivity contribution in [2.45, 2.75) is 18.2 Å². The maximum Gasteiger partial charge on any atom is 0.273 e. The number of hydrogen-bond acceptors (Lipinski definition) is 5. The number of rotatable bonds is 5. The average Bonchev–Trinajstić information content (AvgIpc) is 3.29. The van der Waals surface area contributed by atoms with Crippen molar-refractivity contribution >= 4 is 27.3 Å². The first-order valence-electron chi connectivity index (χ1n) is 9.88. The van der Waals surface area contributed by atoms with Crippen molar-refractivity contribution in [3.05, 3.63) is 71.2 Å². The molecular formula is C22H23N3O3S2. The largest absolute Gasteiger partial charge is 0.335 e. The Kier molecular flexibility index (Phi) is 5.99. The number of sulfonamides is 1. The van der Waals surface area contributed by atoms with E-state index in [0.717, 1.165) is 17.0 Å². The molecule has 0 aliphatic carbocycles. The number of amides is 1. The summed E-state index contributed by atoms with van der Waals surface area (Å²) in [4.78, 5) is 19.4. The van der Waals surface area contributed by atoms with Crippen LogP contribution in [0.15, 0.2) is 64.9 Å². The Hall–Kier alpha value is -2.55. The number of hydrogen-bond donors (Lipinski definition) is 0. The van der Waals surface area contributed by atoms with Crippen LogP contribution in [-0.2, 0) is 16.4 Å². The molecule has 156 valence electrons. The lowest BCUT2D eigenvalue weighted by Crippen LogP contribution is -2.50. The summed E-state index contributed by atoms with van der Waals surface area (Å²) in [5, 5.41) is 2.59. The van der Waals surface area contributed by atoms with Crippen molar-refractivity contribution < 1.29 is 13.2 Å². The van der Waals surface area contributed by atoms with E-state index in [1.54, 1.807) is 40.6 Å². The van der Waals surface area contributed by atoms with E-state index in [9.17, 15) is 13.2 Å². The number of aryl methyl sites for hydroxylation is 1. The Morgan fingerprint density at radius 1 is 1.00 bits per heavy atom. The maximum absolute atomic E-state index is 12.9. The van der Waals surface area contributed by atoms with Gasteiger partial charge >= 0.3 is 0 Å². The van der Waals surface area contributed by atoms with Gasteiger partial charge in [-0.1, -0.05) is 49.4 Å². The van der Waals surface area contributed by atoms with E-state index in [0.29, 0.717) is 18.8 Å². The van der Waals surface area contributed by atoms with Gasteiger partial charge in [-0.15, -0.1) is 11.3 Å². The molecule has 2 heterocycles. The molecule has 0 spiro atoms. The zero-order chi connectivity index (χ0) is 21.1. The second kappa shape index (κ2) is 8.67. The Bertz CT molecular complexity index is 1120. The van der Waals surface area contributed by atoms with Gasteiger partial charge in [-0.05, 0) is 24.1 Å². The number of carbonyl (C=O) groups is 1. The van der Waals surface area contributed by atoms with E-state index in [2.05, 4.69) is 24.0 Å². The van der Waals surface area contributed by atoms with Crippen LogP contribution < -0.4 is 0 Å². The standard InChI is InChI=1S/C22H23N3O3S2/c1-2-17-8-10-18(11-9-17)21-23-20(16-29-21)22(26)24-12-14-25(15-13-24)30(27,28)19-6-4-3-5-7-19/h3-11,16H,2,12-15H2,1H3. The third-order valence-electron chi connectivity index (χ3n) is 5.24. The molecule has 1 saturated heterocycles. The molecule has 6 nitrogen and oxygen atoms in total. The summed E-state index contributed by atoms with van der Waals surface area (Å²) >= 11 is 1.45. The average molecular weight is 442 g/mol. The number of thiazole rings is 1. The molecule has 1 aliphatic heterocycles. The predicted molar refractivity (Wildman–Crippen MR) is 118 cm³/mol. The highest BCUT2D eigenvalue weighted by molar-refractivity contribution is 7.89. The minimum atomic E-state index is -3.53. The second-order valence-electron chi connectivity index (χ2n) is 7.10. The smallest absolute Gasteiger partial charge is 0.273 e. The van der Waals surface area contributed by atoms with Crippen molar-refractivity contribution in [1.29, 1.82) is 0 Å². The number of carbonyl (C=O) groups excluding carboxylic acids is 1. The molecule has 0 saturated carbocycles. The van der Waals surface area contributed by atoms with Crippen molar-refractivity contribution in [1.82, 2.24) is 14.2 Å². The molecule has 0 radical (unpaired) electrons. The topological polar surface area (TPSA) is 70.6 Å². The number of aromatic nitrogens is 1. The minimum Gasteiger partial charge on any atom is -0.335 e. The summed E-state index contributed by atoms with van der Waals surface area (Å²) in [7, 11) is -3.53. The number of piperazine rings is 1. The van der Waals surface area contributed by atoms with E-state index >= 15 is 0 Å². The van der Waals surface area contributed by atoms with Crippen LogP contribution in [0.4, 0.5) is 0 Å². The van der Waals surface area contributed by atoms with Gasteiger partial charge < -0.3 is 4.90 Å². The minimum absolute atomic E-state index is 0.153. The van der Waals surface area contributed by atoms with Gasteiger partial charge in [0.1, 0.15) is 10.7 Å². The lowest BCUT2D eigenvalue weighted by molar-refractivity contribution is 0.0693.